The quantitative estimate of drug-likeness (QED) is 0.185. The molecule has 0 rings (SSSR count). The summed E-state index contributed by atoms with van der Waals surface area (Å²) in [6.07, 6.45) is 0. The molecule has 33 heavy (non-hydrogen) atoms. The van der Waals surface area contributed by atoms with Crippen molar-refractivity contribution in [1.29, 1.82) is 0 Å². The molecule has 0 unspecified atom stereocenters. The standard InChI is InChI=1S/4C5H14NO.O4Si/c4*1-6(2,3)4-5-7;1-5(2,3)4/h4*7H,4-5H2,1-3H3;/q4*+1;-4. The van der Waals surface area contributed by atoms with Crippen LogP contribution in [0, 0.1) is 0 Å². The summed E-state index contributed by atoms with van der Waals surface area (Å²) in [6.45, 7) is 4.46. The zero-order valence-corrected chi connectivity index (χ0v) is 24.4. The van der Waals surface area contributed by atoms with Crippen molar-refractivity contribution < 1.29 is 57.5 Å². The van der Waals surface area contributed by atoms with Crippen molar-refractivity contribution >= 4 is 9.05 Å². The highest BCUT2D eigenvalue weighted by atomic mass is 28.4. The minimum Gasteiger partial charge on any atom is -0.894 e. The first-order chi connectivity index (χ1) is 14.2. The Hall–Kier alpha value is -0.263. The molecule has 0 aromatic heterocycles. The van der Waals surface area contributed by atoms with Gasteiger partial charge in [0.15, 0.2) is 0 Å². The summed E-state index contributed by atoms with van der Waals surface area (Å²) >= 11 is 0. The van der Waals surface area contributed by atoms with Gasteiger partial charge in [0.05, 0.1) is 111 Å². The predicted octanol–water partition coefficient (Wildman–Crippen LogP) is -6.40. The van der Waals surface area contributed by atoms with Gasteiger partial charge < -0.3 is 66.6 Å². The van der Waals surface area contributed by atoms with Crippen molar-refractivity contribution in [3.8, 4) is 0 Å². The van der Waals surface area contributed by atoms with E-state index in [1.54, 1.807) is 0 Å². The number of hydrogen-bond donors (Lipinski definition) is 4. The van der Waals surface area contributed by atoms with Gasteiger partial charge in [-0.3, -0.25) is 0 Å². The zero-order chi connectivity index (χ0) is 28.2. The topological polar surface area (TPSA) is 173 Å². The third-order valence-electron chi connectivity index (χ3n) is 3.08. The monoisotopic (exact) mass is 508 g/mol. The van der Waals surface area contributed by atoms with Crippen LogP contribution in [0.5, 0.6) is 0 Å². The second-order valence-electron chi connectivity index (χ2n) is 11.5. The van der Waals surface area contributed by atoms with Gasteiger partial charge in [-0.25, -0.2) is 0 Å². The average Bonchev–Trinajstić information content (AvgIpc) is 2.41. The first-order valence-corrected chi connectivity index (χ1v) is 12.3. The molecule has 0 atom stereocenters. The summed E-state index contributed by atoms with van der Waals surface area (Å²) in [7, 11) is 19.0. The number of quaternary nitrogens is 4. The highest BCUT2D eigenvalue weighted by Gasteiger charge is 2.04. The Kier molecular flexibility index (Phi) is 27.3. The van der Waals surface area contributed by atoms with Gasteiger partial charge in [-0.1, -0.05) is 0 Å². The third-order valence-corrected chi connectivity index (χ3v) is 3.08. The van der Waals surface area contributed by atoms with Crippen LogP contribution in [0.3, 0.4) is 0 Å². The molecule has 0 aliphatic heterocycles. The minimum absolute atomic E-state index is 0.281. The van der Waals surface area contributed by atoms with Crippen LogP contribution in [0.25, 0.3) is 0 Å². The Morgan fingerprint density at radius 1 is 0.394 bits per heavy atom. The van der Waals surface area contributed by atoms with Crippen LogP contribution >= 0.6 is 0 Å². The van der Waals surface area contributed by atoms with Gasteiger partial charge >= 0.3 is 0 Å². The van der Waals surface area contributed by atoms with Crippen LogP contribution in [0.2, 0.25) is 0 Å². The Balaban J connectivity index is -0.0000000995. The number of nitrogens with zero attached hydrogens (tertiary/aromatic N) is 4. The van der Waals surface area contributed by atoms with Crippen molar-refractivity contribution in [1.82, 2.24) is 0 Å². The molecule has 4 N–H and O–H groups in total. The van der Waals surface area contributed by atoms with E-state index in [1.165, 1.54) is 0 Å². The molecule has 12 nitrogen and oxygen atoms in total. The second kappa shape index (κ2) is 21.1. The number of aliphatic hydroxyl groups is 4. The van der Waals surface area contributed by atoms with Crippen molar-refractivity contribution in [2.75, 3.05) is 137 Å². The van der Waals surface area contributed by atoms with E-state index in [1.807, 2.05) is 0 Å². The van der Waals surface area contributed by atoms with Crippen LogP contribution in [-0.4, -0.2) is 185 Å². The van der Waals surface area contributed by atoms with Crippen molar-refractivity contribution in [3.63, 3.8) is 0 Å². The molecular weight excluding hydrogens is 452 g/mol. The molecule has 0 aliphatic carbocycles. The Morgan fingerprint density at radius 3 is 0.485 bits per heavy atom. The van der Waals surface area contributed by atoms with Crippen LogP contribution in [-0.2, 0) is 0 Å². The van der Waals surface area contributed by atoms with Gasteiger partial charge in [0.25, 0.3) is 0 Å². The average molecular weight is 509 g/mol. The van der Waals surface area contributed by atoms with Gasteiger partial charge in [0.1, 0.15) is 26.2 Å². The summed E-state index contributed by atoms with van der Waals surface area (Å²) in [6, 6.07) is 0. The van der Waals surface area contributed by atoms with Crippen LogP contribution in [0.1, 0.15) is 0 Å². The fourth-order valence-corrected chi connectivity index (χ4v) is 1.20. The summed E-state index contributed by atoms with van der Waals surface area (Å²) < 4.78 is 3.38. The van der Waals surface area contributed by atoms with Crippen LogP contribution < -0.4 is 19.2 Å². The maximum Gasteiger partial charge on any atom is 0.101 e. The van der Waals surface area contributed by atoms with Gasteiger partial charge in [-0.15, -0.1) is 0 Å². The maximum atomic E-state index is 8.58. The molecule has 0 fully saturated rings. The van der Waals surface area contributed by atoms with E-state index < -0.39 is 9.05 Å². The number of rotatable bonds is 8. The fourth-order valence-electron chi connectivity index (χ4n) is 1.20. The Labute approximate surface area is 204 Å². The molecule has 0 heterocycles. The third kappa shape index (κ3) is 113. The van der Waals surface area contributed by atoms with Crippen LogP contribution in [0.4, 0.5) is 0 Å². The molecule has 0 saturated carbocycles. The molecule has 13 heteroatoms. The molecule has 0 aliphatic rings. The molecule has 0 radical (unpaired) electrons. The normalized spacial score (nSPS) is 12.0. The molecule has 0 spiro atoms. The highest BCUT2D eigenvalue weighted by molar-refractivity contribution is 6.38. The van der Waals surface area contributed by atoms with Gasteiger partial charge in [-0.2, -0.15) is 0 Å². The Bertz CT molecular complexity index is 329. The molecule has 208 valence electrons. The summed E-state index contributed by atoms with van der Waals surface area (Å²) in [4.78, 5) is 34.3. The van der Waals surface area contributed by atoms with E-state index in [9.17, 15) is 0 Å². The SMILES string of the molecule is C[N+](C)(C)CCO.C[N+](C)(C)CCO.C[N+](C)(C)CCO.C[N+](C)(C)CCO.[O-][Si]([O-])([O-])[O-]. The van der Waals surface area contributed by atoms with E-state index in [0.29, 0.717) is 0 Å². The lowest BCUT2D eigenvalue weighted by Gasteiger charge is -2.67. The van der Waals surface area contributed by atoms with Gasteiger partial charge in [0, 0.05) is 0 Å². The van der Waals surface area contributed by atoms with Crippen molar-refractivity contribution in [2.24, 2.45) is 0 Å². The molecule has 0 amide bonds. The van der Waals surface area contributed by atoms with Gasteiger partial charge in [0.2, 0.25) is 0 Å². The van der Waals surface area contributed by atoms with Crippen LogP contribution in [0.15, 0.2) is 0 Å². The fraction of sp³-hybridized carbons (Fsp3) is 1.00. The summed E-state index contributed by atoms with van der Waals surface area (Å²) in [5.41, 5.74) is 0. The number of aliphatic hydroxyl groups excluding tert-OH is 4. The Morgan fingerprint density at radius 2 is 0.485 bits per heavy atom. The van der Waals surface area contributed by atoms with E-state index in [4.69, 9.17) is 39.6 Å². The highest BCUT2D eigenvalue weighted by Crippen LogP contribution is 1.86. The number of likely N-dealkylation sites (N-methyl/N-ethyl adjacent to an activating group) is 4. The lowest BCUT2D eigenvalue weighted by molar-refractivity contribution is -0.870. The smallest absolute Gasteiger partial charge is 0.101 e. The summed E-state index contributed by atoms with van der Waals surface area (Å²) in [5, 5.41) is 33.5. The second-order valence-corrected chi connectivity index (χ2v) is 12.5. The van der Waals surface area contributed by atoms with Crippen molar-refractivity contribution in [3.05, 3.63) is 0 Å². The van der Waals surface area contributed by atoms with E-state index >= 15 is 0 Å². The van der Waals surface area contributed by atoms with E-state index in [0.717, 1.165) is 44.1 Å². The molecule has 0 saturated heterocycles. The largest absolute Gasteiger partial charge is 0.894 e. The lowest BCUT2D eigenvalue weighted by Crippen LogP contribution is -2.82. The molecule has 0 bridgehead atoms. The van der Waals surface area contributed by atoms with E-state index in [2.05, 4.69) is 84.6 Å². The first kappa shape index (κ1) is 42.9. The molecular formula is C20H56N4O8Si. The zero-order valence-electron chi connectivity index (χ0n) is 23.4. The molecule has 0 aromatic carbocycles. The lowest BCUT2D eigenvalue weighted by atomic mass is 10.5. The first-order valence-electron chi connectivity index (χ1n) is 10.7. The van der Waals surface area contributed by atoms with Crippen molar-refractivity contribution in [2.45, 2.75) is 0 Å². The van der Waals surface area contributed by atoms with E-state index in [-0.39, 0.29) is 26.4 Å². The number of hydrogen-bond acceptors (Lipinski definition) is 8. The summed E-state index contributed by atoms with van der Waals surface area (Å²) in [5.74, 6) is 0. The minimum atomic E-state index is -5.61. The van der Waals surface area contributed by atoms with Gasteiger partial charge in [-0.05, 0) is 0 Å². The molecule has 0 aromatic rings. The predicted molar refractivity (Wildman–Crippen MR) is 126 cm³/mol. The maximum absolute atomic E-state index is 8.58.